The molecule has 3 bridgehead atoms. The van der Waals surface area contributed by atoms with Crippen LogP contribution in [0.1, 0.15) is 63.5 Å². The van der Waals surface area contributed by atoms with Gasteiger partial charge in [0.1, 0.15) is 5.75 Å². The minimum Gasteiger partial charge on any atom is -0.497 e. The summed E-state index contributed by atoms with van der Waals surface area (Å²) in [7, 11) is 1.74. The molecule has 2 heterocycles. The molecule has 2 saturated carbocycles. The largest absolute Gasteiger partial charge is 0.497 e. The molecule has 5 atom stereocenters. The number of hydrogen-bond donors (Lipinski definition) is 0. The van der Waals surface area contributed by atoms with Crippen LogP contribution < -0.4 is 4.74 Å². The molecule has 2 aliphatic heterocycles. The fraction of sp³-hybridized carbons (Fsp3) is 0.667. The molecule has 0 aromatic heterocycles. The lowest BCUT2D eigenvalue weighted by atomic mass is 9.42. The number of piperidine rings is 1. The van der Waals surface area contributed by atoms with Gasteiger partial charge in [0, 0.05) is 23.9 Å². The maximum atomic E-state index is 13.4. The van der Waals surface area contributed by atoms with Gasteiger partial charge >= 0.3 is 0 Å². The molecule has 5 rings (SSSR count). The van der Waals surface area contributed by atoms with Crippen LogP contribution in [0.4, 0.5) is 0 Å². The summed E-state index contributed by atoms with van der Waals surface area (Å²) in [6, 6.07) is 6.82. The van der Waals surface area contributed by atoms with Gasteiger partial charge in [-0.1, -0.05) is 26.8 Å². The first-order valence-electron chi connectivity index (χ1n) is 9.25. The van der Waals surface area contributed by atoms with Gasteiger partial charge in [-0.25, -0.2) is 0 Å². The van der Waals surface area contributed by atoms with E-state index in [4.69, 9.17) is 4.74 Å². The highest BCUT2D eigenvalue weighted by molar-refractivity contribution is 5.85. The topological polar surface area (TPSA) is 29.5 Å². The van der Waals surface area contributed by atoms with E-state index >= 15 is 0 Å². The van der Waals surface area contributed by atoms with Crippen LogP contribution in [0, 0.1) is 16.2 Å². The highest BCUT2D eigenvalue weighted by atomic mass is 16.5. The van der Waals surface area contributed by atoms with E-state index in [0.29, 0.717) is 17.9 Å². The lowest BCUT2D eigenvalue weighted by Crippen LogP contribution is -2.70. The van der Waals surface area contributed by atoms with Gasteiger partial charge < -0.3 is 9.64 Å². The van der Waals surface area contributed by atoms with Gasteiger partial charge in [-0.2, -0.15) is 0 Å². The number of amides is 1. The highest BCUT2D eigenvalue weighted by Gasteiger charge is 2.67. The number of methoxy groups -OCH3 is 1. The number of hydrogen-bond acceptors (Lipinski definition) is 2. The summed E-state index contributed by atoms with van der Waals surface area (Å²) in [5.74, 6) is 1.81. The summed E-state index contributed by atoms with van der Waals surface area (Å²) >= 11 is 0. The molecule has 1 saturated heterocycles. The number of carbonyl (C=O) groups is 1. The minimum atomic E-state index is -0.160. The molecule has 3 heteroatoms. The summed E-state index contributed by atoms with van der Waals surface area (Å²) in [5, 5.41) is 0. The third-order valence-electron chi connectivity index (χ3n) is 7.46. The number of nitrogens with zero attached hydrogens (tertiary/aromatic N) is 1. The van der Waals surface area contributed by atoms with E-state index in [1.165, 1.54) is 24.0 Å². The zero-order chi connectivity index (χ0) is 16.9. The molecule has 1 aromatic carbocycles. The van der Waals surface area contributed by atoms with Gasteiger partial charge in [0.2, 0.25) is 5.91 Å². The van der Waals surface area contributed by atoms with Crippen LogP contribution >= 0.6 is 0 Å². The van der Waals surface area contributed by atoms with Gasteiger partial charge in [-0.05, 0) is 59.8 Å². The van der Waals surface area contributed by atoms with E-state index in [1.54, 1.807) is 7.11 Å². The van der Waals surface area contributed by atoms with Crippen molar-refractivity contribution in [3.05, 3.63) is 29.3 Å². The second kappa shape index (κ2) is 4.17. The Bertz CT molecular complexity index is 754. The van der Waals surface area contributed by atoms with Crippen molar-refractivity contribution in [1.82, 2.24) is 4.90 Å². The van der Waals surface area contributed by atoms with Crippen LogP contribution in [-0.2, 0) is 11.3 Å². The fourth-order valence-corrected chi connectivity index (χ4v) is 7.52. The summed E-state index contributed by atoms with van der Waals surface area (Å²) in [6.45, 7) is 7.88. The summed E-state index contributed by atoms with van der Waals surface area (Å²) in [4.78, 5) is 15.6. The number of fused-ring (bicyclic) bond motifs is 4. The Morgan fingerprint density at radius 3 is 2.71 bits per heavy atom. The average molecular weight is 325 g/mol. The molecule has 4 aliphatic rings. The maximum absolute atomic E-state index is 13.4. The number of carbonyl (C=O) groups excluding carboxylic acids is 1. The Hall–Kier alpha value is -1.51. The molecule has 3 unspecified atom stereocenters. The van der Waals surface area contributed by atoms with Crippen LogP contribution in [0.15, 0.2) is 18.2 Å². The maximum Gasteiger partial charge on any atom is 0.229 e. The van der Waals surface area contributed by atoms with Gasteiger partial charge in [0.15, 0.2) is 0 Å². The van der Waals surface area contributed by atoms with Crippen molar-refractivity contribution in [2.75, 3.05) is 7.11 Å². The van der Waals surface area contributed by atoms with Crippen LogP contribution in [0.3, 0.4) is 0 Å². The van der Waals surface area contributed by atoms with Crippen molar-refractivity contribution in [2.45, 2.75) is 65.0 Å². The Morgan fingerprint density at radius 1 is 1.17 bits per heavy atom. The van der Waals surface area contributed by atoms with Gasteiger partial charge in [-0.15, -0.1) is 0 Å². The molecule has 1 aromatic rings. The van der Waals surface area contributed by atoms with Crippen molar-refractivity contribution in [2.24, 2.45) is 16.2 Å². The molecule has 3 fully saturated rings. The molecular weight excluding hydrogens is 298 g/mol. The standard InChI is InChI=1S/C21H27NO2/c1-19-8-16-15-7-14(24-4)6-5-13(15)9-22-17(16)20(2,10-19)12-21(3,11-19)18(22)23/h5-7,16-17H,8-12H2,1-4H3/t16-,17?,19+,20?,21?/m1/s1. The van der Waals surface area contributed by atoms with E-state index in [9.17, 15) is 4.79 Å². The van der Waals surface area contributed by atoms with Crippen molar-refractivity contribution in [1.29, 1.82) is 0 Å². The lowest BCUT2D eigenvalue weighted by molar-refractivity contribution is -0.196. The van der Waals surface area contributed by atoms with E-state index in [1.807, 2.05) is 6.07 Å². The average Bonchev–Trinajstić information content (AvgIpc) is 2.49. The first kappa shape index (κ1) is 14.8. The zero-order valence-electron chi connectivity index (χ0n) is 15.2. The normalized spacial score (nSPS) is 45.2. The monoisotopic (exact) mass is 325 g/mol. The van der Waals surface area contributed by atoms with Crippen LogP contribution in [0.5, 0.6) is 5.75 Å². The molecule has 1 amide bonds. The highest BCUT2D eigenvalue weighted by Crippen LogP contribution is 2.69. The molecule has 24 heavy (non-hydrogen) atoms. The first-order valence-corrected chi connectivity index (χ1v) is 9.25. The molecular formula is C21H27NO2. The van der Waals surface area contributed by atoms with Crippen molar-refractivity contribution in [3.8, 4) is 5.75 Å². The molecule has 128 valence electrons. The Balaban J connectivity index is 1.74. The zero-order valence-corrected chi connectivity index (χ0v) is 15.2. The van der Waals surface area contributed by atoms with Crippen molar-refractivity contribution >= 4 is 5.91 Å². The van der Waals surface area contributed by atoms with Crippen LogP contribution in [-0.4, -0.2) is 24.0 Å². The minimum absolute atomic E-state index is 0.160. The van der Waals surface area contributed by atoms with E-state index in [-0.39, 0.29) is 16.2 Å². The summed E-state index contributed by atoms with van der Waals surface area (Å²) in [5.41, 5.74) is 3.13. The Kier molecular flexibility index (Phi) is 2.57. The smallest absolute Gasteiger partial charge is 0.229 e. The Morgan fingerprint density at radius 2 is 1.96 bits per heavy atom. The lowest BCUT2D eigenvalue weighted by Gasteiger charge is -2.69. The predicted octanol–water partition coefficient (Wildman–Crippen LogP) is 4.11. The number of rotatable bonds is 1. The van der Waals surface area contributed by atoms with Gasteiger partial charge in [0.05, 0.1) is 7.11 Å². The third kappa shape index (κ3) is 1.66. The van der Waals surface area contributed by atoms with E-state index in [2.05, 4.69) is 37.8 Å². The van der Waals surface area contributed by atoms with Crippen molar-refractivity contribution in [3.63, 3.8) is 0 Å². The number of benzene rings is 1. The second-order valence-electron chi connectivity index (χ2n) is 9.81. The molecule has 3 nitrogen and oxygen atoms in total. The van der Waals surface area contributed by atoms with E-state index < -0.39 is 0 Å². The summed E-state index contributed by atoms with van der Waals surface area (Å²) in [6.07, 6.45) is 4.57. The fourth-order valence-electron chi connectivity index (χ4n) is 7.52. The second-order valence-corrected chi connectivity index (χ2v) is 9.81. The molecule has 2 aliphatic carbocycles. The van der Waals surface area contributed by atoms with E-state index in [0.717, 1.165) is 25.1 Å². The van der Waals surface area contributed by atoms with Gasteiger partial charge in [0.25, 0.3) is 0 Å². The number of ether oxygens (including phenoxy) is 1. The SMILES string of the molecule is COc1ccc2c(c1)[C@H]1C[C@]3(C)CC4(C)CC(C)(C3)C1N(C2)C4=O. The molecule has 0 spiro atoms. The van der Waals surface area contributed by atoms with Crippen LogP contribution in [0.2, 0.25) is 0 Å². The quantitative estimate of drug-likeness (QED) is 0.777. The molecule has 0 radical (unpaired) electrons. The predicted molar refractivity (Wildman–Crippen MR) is 92.9 cm³/mol. The first-order chi connectivity index (χ1) is 11.3. The Labute approximate surface area is 144 Å². The third-order valence-corrected chi connectivity index (χ3v) is 7.46. The van der Waals surface area contributed by atoms with Crippen molar-refractivity contribution < 1.29 is 9.53 Å². The van der Waals surface area contributed by atoms with Crippen LogP contribution in [0.25, 0.3) is 0 Å². The summed E-state index contributed by atoms with van der Waals surface area (Å²) < 4.78 is 5.50. The van der Waals surface area contributed by atoms with Gasteiger partial charge in [-0.3, -0.25) is 4.79 Å². The molecule has 0 N–H and O–H groups in total.